The molecule has 0 spiro atoms. The van der Waals surface area contributed by atoms with Gasteiger partial charge in [-0.1, -0.05) is 12.1 Å². The van der Waals surface area contributed by atoms with E-state index in [9.17, 15) is 14.4 Å². The van der Waals surface area contributed by atoms with E-state index in [4.69, 9.17) is 10.4 Å². The van der Waals surface area contributed by atoms with Crippen LogP contribution in [0, 0.1) is 11.3 Å². The summed E-state index contributed by atoms with van der Waals surface area (Å²) in [5, 5.41) is 20.5. The molecule has 0 radical (unpaired) electrons. The number of aliphatic carboxylic acids is 1. The van der Waals surface area contributed by atoms with Gasteiger partial charge in [-0.05, 0) is 17.7 Å². The van der Waals surface area contributed by atoms with E-state index in [-0.39, 0.29) is 44.2 Å². The van der Waals surface area contributed by atoms with Crippen LogP contribution in [0.15, 0.2) is 30.6 Å². The lowest BCUT2D eigenvalue weighted by atomic mass is 10.0. The molecule has 1 aromatic carbocycles. The van der Waals surface area contributed by atoms with Crippen LogP contribution in [0.1, 0.15) is 35.4 Å². The molecule has 1 aliphatic rings. The van der Waals surface area contributed by atoms with Crippen molar-refractivity contribution in [1.82, 2.24) is 20.2 Å². The molecule has 2 aromatic rings. The highest BCUT2D eigenvalue weighted by Gasteiger charge is 2.35. The second-order valence-electron chi connectivity index (χ2n) is 6.49. The highest BCUT2D eigenvalue weighted by molar-refractivity contribution is 5.89. The highest BCUT2D eigenvalue weighted by atomic mass is 16.4. The van der Waals surface area contributed by atoms with Crippen molar-refractivity contribution >= 4 is 17.8 Å². The molecule has 3 rings (SSSR count). The first kappa shape index (κ1) is 19.1. The zero-order valence-corrected chi connectivity index (χ0v) is 15.0. The fourth-order valence-corrected chi connectivity index (χ4v) is 3.09. The first-order valence-corrected chi connectivity index (χ1v) is 8.77. The normalized spacial score (nSPS) is 15.4. The predicted molar refractivity (Wildman–Crippen MR) is 96.5 cm³/mol. The number of hydrogen-bond acceptors (Lipinski definition) is 5. The first-order chi connectivity index (χ1) is 13.5. The highest BCUT2D eigenvalue weighted by Crippen LogP contribution is 2.22. The van der Waals surface area contributed by atoms with Crippen molar-refractivity contribution in [2.24, 2.45) is 0 Å². The van der Waals surface area contributed by atoms with Gasteiger partial charge in [-0.15, -0.1) is 0 Å². The van der Waals surface area contributed by atoms with Gasteiger partial charge in [-0.3, -0.25) is 14.4 Å². The number of carbonyl (C=O) groups is 3. The Labute approximate surface area is 161 Å². The van der Waals surface area contributed by atoms with E-state index in [1.807, 2.05) is 6.07 Å². The monoisotopic (exact) mass is 381 g/mol. The van der Waals surface area contributed by atoms with E-state index in [1.165, 1.54) is 11.2 Å². The van der Waals surface area contributed by atoms with Gasteiger partial charge in [0.15, 0.2) is 0 Å². The van der Waals surface area contributed by atoms with Crippen LogP contribution in [0.4, 0.5) is 0 Å². The Hall–Kier alpha value is -3.67. The molecule has 0 saturated heterocycles. The number of fused-ring (bicyclic) bond motifs is 1. The SMILES string of the molecule is N#Cc1ccc(CNC(=O)C2Cc3nc[nH]c3CN2C(=O)CCC(=O)O)cc1. The molecule has 1 aliphatic heterocycles. The van der Waals surface area contributed by atoms with Gasteiger partial charge in [0.25, 0.3) is 0 Å². The van der Waals surface area contributed by atoms with Gasteiger partial charge < -0.3 is 20.3 Å². The molecule has 0 fully saturated rings. The number of carbonyl (C=O) groups excluding carboxylic acids is 2. The molecular weight excluding hydrogens is 362 g/mol. The third kappa shape index (κ3) is 4.35. The summed E-state index contributed by atoms with van der Waals surface area (Å²) in [6.07, 6.45) is 1.32. The van der Waals surface area contributed by atoms with Gasteiger partial charge in [-0.25, -0.2) is 4.98 Å². The van der Waals surface area contributed by atoms with Crippen LogP contribution >= 0.6 is 0 Å². The molecule has 0 aliphatic carbocycles. The van der Waals surface area contributed by atoms with Crippen molar-refractivity contribution < 1.29 is 19.5 Å². The van der Waals surface area contributed by atoms with Gasteiger partial charge >= 0.3 is 5.97 Å². The summed E-state index contributed by atoms with van der Waals surface area (Å²) in [5.74, 6) is -1.78. The Morgan fingerprint density at radius 2 is 2.04 bits per heavy atom. The Bertz CT molecular complexity index is 929. The molecule has 9 heteroatoms. The molecule has 28 heavy (non-hydrogen) atoms. The topological polar surface area (TPSA) is 139 Å². The average molecular weight is 381 g/mol. The molecule has 3 N–H and O–H groups in total. The van der Waals surface area contributed by atoms with Crippen molar-refractivity contribution in [3.8, 4) is 6.07 Å². The number of nitrogens with one attached hydrogen (secondary N) is 2. The molecule has 0 bridgehead atoms. The van der Waals surface area contributed by atoms with Gasteiger partial charge in [0.2, 0.25) is 11.8 Å². The minimum atomic E-state index is -1.06. The Kier molecular flexibility index (Phi) is 5.69. The fourth-order valence-electron chi connectivity index (χ4n) is 3.09. The van der Waals surface area contributed by atoms with Crippen molar-refractivity contribution in [2.45, 2.75) is 38.4 Å². The molecule has 1 atom stereocenters. The van der Waals surface area contributed by atoms with E-state index in [1.54, 1.807) is 24.3 Å². The van der Waals surface area contributed by atoms with Gasteiger partial charge in [0.1, 0.15) is 6.04 Å². The number of nitrogens with zero attached hydrogens (tertiary/aromatic N) is 3. The van der Waals surface area contributed by atoms with Crippen molar-refractivity contribution in [2.75, 3.05) is 0 Å². The maximum atomic E-state index is 12.8. The maximum Gasteiger partial charge on any atom is 0.303 e. The molecular formula is C19H19N5O4. The number of aromatic nitrogens is 2. The molecule has 144 valence electrons. The van der Waals surface area contributed by atoms with Crippen LogP contribution in [0.25, 0.3) is 0 Å². The zero-order chi connectivity index (χ0) is 20.1. The van der Waals surface area contributed by atoms with E-state index in [2.05, 4.69) is 15.3 Å². The second-order valence-corrected chi connectivity index (χ2v) is 6.49. The van der Waals surface area contributed by atoms with E-state index < -0.39 is 12.0 Å². The number of benzene rings is 1. The Balaban J connectivity index is 1.70. The van der Waals surface area contributed by atoms with Crippen LogP contribution in [0.5, 0.6) is 0 Å². The number of aromatic amines is 1. The van der Waals surface area contributed by atoms with Crippen LogP contribution in [0.3, 0.4) is 0 Å². The summed E-state index contributed by atoms with van der Waals surface area (Å²) >= 11 is 0. The van der Waals surface area contributed by atoms with Crippen molar-refractivity contribution in [3.05, 3.63) is 53.1 Å². The van der Waals surface area contributed by atoms with E-state index in [0.29, 0.717) is 5.56 Å². The fraction of sp³-hybridized carbons (Fsp3) is 0.316. The summed E-state index contributed by atoms with van der Waals surface area (Å²) in [6, 6.07) is 8.11. The van der Waals surface area contributed by atoms with E-state index in [0.717, 1.165) is 17.0 Å². The number of hydrogen-bond donors (Lipinski definition) is 3. The quantitative estimate of drug-likeness (QED) is 0.674. The van der Waals surface area contributed by atoms with Crippen LogP contribution in [-0.4, -0.2) is 43.8 Å². The number of carboxylic acid groups (broad SMARTS) is 1. The second kappa shape index (κ2) is 8.35. The molecule has 2 heterocycles. The summed E-state index contributed by atoms with van der Waals surface area (Å²) in [5.41, 5.74) is 2.83. The van der Waals surface area contributed by atoms with Crippen molar-refractivity contribution in [1.29, 1.82) is 5.26 Å². The van der Waals surface area contributed by atoms with Gasteiger partial charge in [-0.2, -0.15) is 5.26 Å². The van der Waals surface area contributed by atoms with Crippen molar-refractivity contribution in [3.63, 3.8) is 0 Å². The smallest absolute Gasteiger partial charge is 0.303 e. The van der Waals surface area contributed by atoms with Gasteiger partial charge in [0, 0.05) is 19.4 Å². The number of rotatable bonds is 6. The first-order valence-electron chi connectivity index (χ1n) is 8.77. The Morgan fingerprint density at radius 3 is 2.71 bits per heavy atom. The predicted octanol–water partition coefficient (Wildman–Crippen LogP) is 0.716. The molecule has 2 amide bonds. The standard InChI is InChI=1S/C19H19N5O4/c20-8-12-1-3-13(4-2-12)9-21-19(28)16-7-14-15(23-11-22-14)10-24(16)17(25)5-6-18(26)27/h1-4,11,16H,5-7,9-10H2,(H,21,28)(H,22,23)(H,26,27). The van der Waals surface area contributed by atoms with Gasteiger partial charge in [0.05, 0.1) is 42.3 Å². The minimum absolute atomic E-state index is 0.168. The van der Waals surface area contributed by atoms with Crippen LogP contribution < -0.4 is 5.32 Å². The summed E-state index contributed by atoms with van der Waals surface area (Å²) < 4.78 is 0. The number of amides is 2. The zero-order valence-electron chi connectivity index (χ0n) is 15.0. The van der Waals surface area contributed by atoms with Crippen LogP contribution in [-0.2, 0) is 33.9 Å². The lowest BCUT2D eigenvalue weighted by Gasteiger charge is -2.34. The largest absolute Gasteiger partial charge is 0.481 e. The maximum absolute atomic E-state index is 12.8. The lowest BCUT2D eigenvalue weighted by Crippen LogP contribution is -2.52. The summed E-state index contributed by atoms with van der Waals surface area (Å²) in [7, 11) is 0. The molecule has 1 unspecified atom stereocenters. The average Bonchev–Trinajstić information content (AvgIpc) is 3.17. The number of imidazole rings is 1. The van der Waals surface area contributed by atoms with Crippen LogP contribution in [0.2, 0.25) is 0 Å². The summed E-state index contributed by atoms with van der Waals surface area (Å²) in [6.45, 7) is 0.439. The third-order valence-corrected chi connectivity index (χ3v) is 4.62. The molecule has 1 aromatic heterocycles. The number of carboxylic acids is 1. The number of nitriles is 1. The minimum Gasteiger partial charge on any atom is -0.481 e. The molecule has 9 nitrogen and oxygen atoms in total. The number of H-pyrrole nitrogens is 1. The third-order valence-electron chi connectivity index (χ3n) is 4.62. The summed E-state index contributed by atoms with van der Waals surface area (Å²) in [4.78, 5) is 44.6. The molecule has 0 saturated carbocycles. The lowest BCUT2D eigenvalue weighted by molar-refractivity contribution is -0.145. The Morgan fingerprint density at radius 1 is 1.29 bits per heavy atom. The van der Waals surface area contributed by atoms with E-state index >= 15 is 0 Å².